The quantitative estimate of drug-likeness (QED) is 0.455. The predicted molar refractivity (Wildman–Crippen MR) is 138 cm³/mol. The zero-order valence-electron chi connectivity index (χ0n) is 19.9. The van der Waals surface area contributed by atoms with E-state index in [2.05, 4.69) is 0 Å². The third kappa shape index (κ3) is 5.93. The summed E-state index contributed by atoms with van der Waals surface area (Å²) in [6.45, 7) is 1.95. The molecular formula is C28H32N2O2S. The Kier molecular flexibility index (Phi) is 7.77. The first-order chi connectivity index (χ1) is 15.7. The number of aryl methyl sites for hydroxylation is 1. The summed E-state index contributed by atoms with van der Waals surface area (Å²) >= 11 is 0. The molecule has 0 aromatic heterocycles. The molecule has 0 saturated carbocycles. The highest BCUT2D eigenvalue weighted by molar-refractivity contribution is 7.92. The van der Waals surface area contributed by atoms with E-state index in [0.717, 1.165) is 16.7 Å². The summed E-state index contributed by atoms with van der Waals surface area (Å²) in [6, 6.07) is 26.7. The first-order valence-electron chi connectivity index (χ1n) is 10.9. The van der Waals surface area contributed by atoms with Gasteiger partial charge in [0.15, 0.2) is 9.84 Å². The van der Waals surface area contributed by atoms with Crippen LogP contribution in [-0.2, 0) is 9.84 Å². The third-order valence-corrected chi connectivity index (χ3v) is 7.49. The van der Waals surface area contributed by atoms with Gasteiger partial charge in [-0.05, 0) is 42.3 Å². The number of benzene rings is 3. The molecule has 33 heavy (non-hydrogen) atoms. The molecular weight excluding hydrogens is 428 g/mol. The second-order valence-electron chi connectivity index (χ2n) is 8.49. The van der Waals surface area contributed by atoms with Gasteiger partial charge in [0.05, 0.1) is 4.90 Å². The van der Waals surface area contributed by atoms with Gasteiger partial charge in [0.2, 0.25) is 0 Å². The summed E-state index contributed by atoms with van der Waals surface area (Å²) in [4.78, 5) is 4.09. The zero-order chi connectivity index (χ0) is 24.0. The fourth-order valence-electron chi connectivity index (χ4n) is 3.65. The van der Waals surface area contributed by atoms with Gasteiger partial charge in [0, 0.05) is 39.6 Å². The molecule has 0 radical (unpaired) electrons. The van der Waals surface area contributed by atoms with Crippen LogP contribution in [0.25, 0.3) is 12.2 Å². The third-order valence-electron chi connectivity index (χ3n) is 5.46. The number of nitrogens with zero attached hydrogens (tertiary/aromatic N) is 2. The molecule has 0 N–H and O–H groups in total. The van der Waals surface area contributed by atoms with Crippen LogP contribution in [0, 0.1) is 6.92 Å². The van der Waals surface area contributed by atoms with Crippen LogP contribution in [0.2, 0.25) is 0 Å². The van der Waals surface area contributed by atoms with Crippen LogP contribution in [0.1, 0.15) is 16.7 Å². The lowest BCUT2D eigenvalue weighted by molar-refractivity contribution is 0.449. The molecule has 0 bridgehead atoms. The highest BCUT2D eigenvalue weighted by Crippen LogP contribution is 2.32. The van der Waals surface area contributed by atoms with Crippen molar-refractivity contribution in [3.63, 3.8) is 0 Å². The van der Waals surface area contributed by atoms with E-state index in [1.165, 1.54) is 0 Å². The minimum Gasteiger partial charge on any atom is -0.380 e. The Morgan fingerprint density at radius 3 is 1.42 bits per heavy atom. The van der Waals surface area contributed by atoms with Crippen LogP contribution in [0.4, 0.5) is 0 Å². The molecule has 3 aromatic rings. The lowest BCUT2D eigenvalue weighted by atomic mass is 10.1. The Morgan fingerprint density at radius 1 is 0.667 bits per heavy atom. The average molecular weight is 461 g/mol. The van der Waals surface area contributed by atoms with Gasteiger partial charge in [0.1, 0.15) is 5.25 Å². The maximum atomic E-state index is 14.2. The normalized spacial score (nSPS) is 13.5. The van der Waals surface area contributed by atoms with Crippen molar-refractivity contribution in [3.05, 3.63) is 113 Å². The summed E-state index contributed by atoms with van der Waals surface area (Å²) < 4.78 is 28.4. The van der Waals surface area contributed by atoms with Crippen molar-refractivity contribution < 1.29 is 8.42 Å². The summed E-state index contributed by atoms with van der Waals surface area (Å²) in [5.74, 6) is 0. The SMILES string of the molecule is Cc1ccc(S(=O)(=O)C(C(=Cc2ccccc2)N(C)C)C(=Cc2ccccc2)N(C)C)cc1. The highest BCUT2D eigenvalue weighted by atomic mass is 32.2. The van der Waals surface area contributed by atoms with Gasteiger partial charge in [-0.15, -0.1) is 0 Å². The van der Waals surface area contributed by atoms with Gasteiger partial charge < -0.3 is 9.80 Å². The fourth-order valence-corrected chi connectivity index (χ4v) is 5.63. The summed E-state index contributed by atoms with van der Waals surface area (Å²) in [6.07, 6.45) is 3.91. The van der Waals surface area contributed by atoms with E-state index in [0.29, 0.717) is 16.3 Å². The minimum absolute atomic E-state index is 0.305. The Labute approximate surface area is 198 Å². The molecule has 0 aliphatic carbocycles. The number of hydrogen-bond acceptors (Lipinski definition) is 4. The van der Waals surface area contributed by atoms with Gasteiger partial charge in [-0.3, -0.25) is 0 Å². The molecule has 3 rings (SSSR count). The van der Waals surface area contributed by atoms with E-state index in [9.17, 15) is 8.42 Å². The number of hydrogen-bond donors (Lipinski definition) is 0. The zero-order valence-corrected chi connectivity index (χ0v) is 20.8. The van der Waals surface area contributed by atoms with Crippen molar-refractivity contribution in [1.82, 2.24) is 9.80 Å². The lowest BCUT2D eigenvalue weighted by Gasteiger charge is -2.32. The number of sulfone groups is 1. The Bertz CT molecular complexity index is 1150. The van der Waals surface area contributed by atoms with Crippen LogP contribution in [0.15, 0.2) is 101 Å². The Balaban J connectivity index is 2.30. The molecule has 4 nitrogen and oxygen atoms in total. The van der Waals surface area contributed by atoms with Gasteiger partial charge in [-0.2, -0.15) is 0 Å². The van der Waals surface area contributed by atoms with Crippen LogP contribution < -0.4 is 0 Å². The van der Waals surface area contributed by atoms with Gasteiger partial charge >= 0.3 is 0 Å². The lowest BCUT2D eigenvalue weighted by Crippen LogP contribution is -2.37. The molecule has 0 aliphatic rings. The molecule has 172 valence electrons. The second kappa shape index (κ2) is 10.5. The first kappa shape index (κ1) is 24.3. The summed E-state index contributed by atoms with van der Waals surface area (Å²) in [5.41, 5.74) is 4.30. The molecule has 0 saturated heterocycles. The highest BCUT2D eigenvalue weighted by Gasteiger charge is 2.36. The molecule has 0 aliphatic heterocycles. The number of rotatable bonds is 8. The van der Waals surface area contributed by atoms with Crippen LogP contribution in [-0.4, -0.2) is 51.7 Å². The van der Waals surface area contributed by atoms with Crippen molar-refractivity contribution in [2.24, 2.45) is 0 Å². The van der Waals surface area contributed by atoms with E-state index in [1.54, 1.807) is 12.1 Å². The van der Waals surface area contributed by atoms with Gasteiger partial charge in [0.25, 0.3) is 0 Å². The summed E-state index contributed by atoms with van der Waals surface area (Å²) in [5, 5.41) is -0.898. The van der Waals surface area contributed by atoms with Crippen molar-refractivity contribution >= 4 is 22.0 Å². The summed E-state index contributed by atoms with van der Waals surface area (Å²) in [7, 11) is 3.80. The van der Waals surface area contributed by atoms with Crippen molar-refractivity contribution in [1.29, 1.82) is 0 Å². The maximum absolute atomic E-state index is 14.2. The van der Waals surface area contributed by atoms with Crippen LogP contribution in [0.3, 0.4) is 0 Å². The maximum Gasteiger partial charge on any atom is 0.192 e. The van der Waals surface area contributed by atoms with Crippen LogP contribution >= 0.6 is 0 Å². The van der Waals surface area contributed by atoms with Crippen molar-refractivity contribution in [2.45, 2.75) is 17.1 Å². The van der Waals surface area contributed by atoms with E-state index in [4.69, 9.17) is 0 Å². The molecule has 0 fully saturated rings. The fraction of sp³-hybridized carbons (Fsp3) is 0.214. The Hall–Kier alpha value is -3.31. The predicted octanol–water partition coefficient (Wildman–Crippen LogP) is 5.34. The van der Waals surface area contributed by atoms with Crippen LogP contribution in [0.5, 0.6) is 0 Å². The second-order valence-corrected chi connectivity index (χ2v) is 10.5. The van der Waals surface area contributed by atoms with Crippen molar-refractivity contribution in [2.75, 3.05) is 28.2 Å². The smallest absolute Gasteiger partial charge is 0.192 e. The van der Waals surface area contributed by atoms with Gasteiger partial charge in [-0.1, -0.05) is 78.4 Å². The molecule has 0 spiro atoms. The topological polar surface area (TPSA) is 40.6 Å². The largest absolute Gasteiger partial charge is 0.380 e. The Morgan fingerprint density at radius 2 is 1.06 bits per heavy atom. The van der Waals surface area contributed by atoms with Crippen molar-refractivity contribution in [3.8, 4) is 0 Å². The van der Waals surface area contributed by atoms with E-state index < -0.39 is 15.1 Å². The average Bonchev–Trinajstić information content (AvgIpc) is 2.79. The first-order valence-corrected chi connectivity index (χ1v) is 12.4. The minimum atomic E-state index is -3.77. The van der Waals surface area contributed by atoms with E-state index in [-0.39, 0.29) is 0 Å². The van der Waals surface area contributed by atoms with E-state index in [1.807, 2.05) is 130 Å². The standard InChI is InChI=1S/C28H32N2O2S/c1-22-16-18-25(19-17-22)33(31,32)28(26(29(2)3)20-23-12-8-6-9-13-23)27(30(4)5)21-24-14-10-7-11-15-24/h6-21,28H,1-5H3. The molecule has 5 heteroatoms. The molecule has 0 amide bonds. The monoisotopic (exact) mass is 460 g/mol. The molecule has 0 heterocycles. The molecule has 3 aromatic carbocycles. The van der Waals surface area contributed by atoms with Gasteiger partial charge in [-0.25, -0.2) is 8.42 Å². The molecule has 0 unspecified atom stereocenters. The van der Waals surface area contributed by atoms with E-state index >= 15 is 0 Å². The molecule has 0 atom stereocenters.